The van der Waals surface area contributed by atoms with Gasteiger partial charge in [-0.15, -0.1) is 0 Å². The first kappa shape index (κ1) is 21.4. The highest BCUT2D eigenvalue weighted by Crippen LogP contribution is 2.47. The number of para-hydroxylation sites is 1. The van der Waals surface area contributed by atoms with E-state index in [1.54, 1.807) is 13.2 Å². The number of hydrogen-bond acceptors (Lipinski definition) is 5. The third-order valence-electron chi connectivity index (χ3n) is 6.93. The Morgan fingerprint density at radius 3 is 2.53 bits per heavy atom. The fourth-order valence-electron chi connectivity index (χ4n) is 5.43. The molecule has 3 aliphatic rings. The van der Waals surface area contributed by atoms with Gasteiger partial charge in [0.25, 0.3) is 0 Å². The first-order chi connectivity index (χ1) is 15.3. The molecule has 0 aromatic heterocycles. The zero-order valence-electron chi connectivity index (χ0n) is 17.8. The van der Waals surface area contributed by atoms with Crippen molar-refractivity contribution in [3.63, 3.8) is 0 Å². The Morgan fingerprint density at radius 1 is 1.12 bits per heavy atom. The van der Waals surface area contributed by atoms with Crippen LogP contribution in [0.4, 0.5) is 13.2 Å². The van der Waals surface area contributed by atoms with Crippen molar-refractivity contribution in [2.75, 3.05) is 20.3 Å². The van der Waals surface area contributed by atoms with Gasteiger partial charge in [-0.25, -0.2) is 0 Å². The number of piperidine rings is 1. The molecule has 2 aromatic carbocycles. The molecule has 1 N–H and O–H groups in total. The molecule has 0 amide bonds. The lowest BCUT2D eigenvalue weighted by atomic mass is 9.80. The molecule has 0 aliphatic carbocycles. The molecule has 172 valence electrons. The summed E-state index contributed by atoms with van der Waals surface area (Å²) in [6.07, 6.45) is -2.02. The van der Waals surface area contributed by atoms with Crippen LogP contribution in [0.5, 0.6) is 17.2 Å². The van der Waals surface area contributed by atoms with Gasteiger partial charge in [0.05, 0.1) is 18.3 Å². The van der Waals surface area contributed by atoms with Crippen molar-refractivity contribution in [1.29, 1.82) is 0 Å². The third kappa shape index (κ3) is 3.79. The smallest absolute Gasteiger partial charge is 0.416 e. The zero-order chi connectivity index (χ0) is 22.5. The predicted octanol–water partition coefficient (Wildman–Crippen LogP) is 4.37. The molecule has 2 bridgehead atoms. The molecule has 2 aromatic rings. The zero-order valence-corrected chi connectivity index (χ0v) is 17.8. The number of ether oxygens (including phenoxy) is 3. The molecule has 5 rings (SSSR count). The second kappa shape index (κ2) is 7.85. The largest absolute Gasteiger partial charge is 0.493 e. The van der Waals surface area contributed by atoms with E-state index in [2.05, 4.69) is 4.90 Å². The predicted molar refractivity (Wildman–Crippen MR) is 111 cm³/mol. The summed E-state index contributed by atoms with van der Waals surface area (Å²) < 4.78 is 57.0. The molecule has 32 heavy (non-hydrogen) atoms. The standard InChI is InChI=1S/C24H26F3NO4/c1-30-20-6-3-7-21-22(20)32-19(14-31-21)13-28-17-8-9-18(28)12-23(29,11-17)15-4-2-5-16(10-15)24(25,26)27/h2-7,10,17-19,29H,8-9,11-14H2,1H3/t17?,18?,19-,23?/m0/s1. The molecule has 2 fully saturated rings. The minimum atomic E-state index is -4.43. The summed E-state index contributed by atoms with van der Waals surface area (Å²) in [6, 6.07) is 10.8. The highest BCUT2D eigenvalue weighted by atomic mass is 19.4. The fourth-order valence-corrected chi connectivity index (χ4v) is 5.43. The Morgan fingerprint density at radius 2 is 1.84 bits per heavy atom. The number of aliphatic hydroxyl groups is 1. The molecule has 0 saturated carbocycles. The van der Waals surface area contributed by atoms with Crippen molar-refractivity contribution in [2.45, 2.75) is 55.6 Å². The number of alkyl halides is 3. The third-order valence-corrected chi connectivity index (χ3v) is 6.93. The van der Waals surface area contributed by atoms with E-state index in [9.17, 15) is 18.3 Å². The Balaban J connectivity index is 1.31. The van der Waals surface area contributed by atoms with Gasteiger partial charge in [-0.3, -0.25) is 4.90 Å². The molecule has 3 heterocycles. The highest BCUT2D eigenvalue weighted by molar-refractivity contribution is 5.52. The van der Waals surface area contributed by atoms with E-state index in [0.29, 0.717) is 48.8 Å². The molecule has 2 unspecified atom stereocenters. The van der Waals surface area contributed by atoms with Crippen LogP contribution >= 0.6 is 0 Å². The van der Waals surface area contributed by atoms with E-state index in [4.69, 9.17) is 14.2 Å². The lowest BCUT2D eigenvalue weighted by Gasteiger charge is -2.45. The van der Waals surface area contributed by atoms with Crippen LogP contribution in [-0.2, 0) is 11.8 Å². The van der Waals surface area contributed by atoms with Crippen molar-refractivity contribution >= 4 is 0 Å². The molecule has 3 aliphatic heterocycles. The molecular formula is C24H26F3NO4. The Kier molecular flexibility index (Phi) is 5.25. The lowest BCUT2D eigenvalue weighted by Crippen LogP contribution is -2.53. The van der Waals surface area contributed by atoms with Crippen molar-refractivity contribution in [3.05, 3.63) is 53.6 Å². The molecule has 5 nitrogen and oxygen atoms in total. The van der Waals surface area contributed by atoms with Crippen molar-refractivity contribution in [1.82, 2.24) is 4.90 Å². The highest BCUT2D eigenvalue weighted by Gasteiger charge is 2.49. The second-order valence-electron chi connectivity index (χ2n) is 8.94. The topological polar surface area (TPSA) is 51.2 Å². The quantitative estimate of drug-likeness (QED) is 0.752. The van der Waals surface area contributed by atoms with Crippen molar-refractivity contribution in [2.24, 2.45) is 0 Å². The summed E-state index contributed by atoms with van der Waals surface area (Å²) in [7, 11) is 1.59. The van der Waals surface area contributed by atoms with Gasteiger partial charge in [0.1, 0.15) is 12.7 Å². The molecular weight excluding hydrogens is 423 g/mol. The van der Waals surface area contributed by atoms with E-state index in [-0.39, 0.29) is 18.2 Å². The molecule has 8 heteroatoms. The van der Waals surface area contributed by atoms with Crippen LogP contribution in [0.1, 0.15) is 36.8 Å². The van der Waals surface area contributed by atoms with Gasteiger partial charge in [-0.2, -0.15) is 13.2 Å². The Bertz CT molecular complexity index is 967. The van der Waals surface area contributed by atoms with E-state index < -0.39 is 17.3 Å². The minimum absolute atomic E-state index is 0.0796. The SMILES string of the molecule is COc1cccc2c1O[C@@H](CN1C3CCC1CC(O)(c1cccc(C(F)(F)F)c1)C3)CO2. The van der Waals surface area contributed by atoms with E-state index in [1.165, 1.54) is 6.07 Å². The van der Waals surface area contributed by atoms with E-state index in [0.717, 1.165) is 25.0 Å². The summed E-state index contributed by atoms with van der Waals surface area (Å²) in [5, 5.41) is 11.4. The number of nitrogens with zero attached hydrogens (tertiary/aromatic N) is 1. The number of rotatable bonds is 4. The second-order valence-corrected chi connectivity index (χ2v) is 8.94. The maximum absolute atomic E-state index is 13.2. The summed E-state index contributed by atoms with van der Waals surface area (Å²) >= 11 is 0. The van der Waals surface area contributed by atoms with Crippen LogP contribution in [0.25, 0.3) is 0 Å². The number of methoxy groups -OCH3 is 1. The Labute approximate surface area is 184 Å². The molecule has 3 atom stereocenters. The van der Waals surface area contributed by atoms with Crippen LogP contribution < -0.4 is 14.2 Å². The molecule has 0 radical (unpaired) electrons. The van der Waals surface area contributed by atoms with Crippen LogP contribution in [0.2, 0.25) is 0 Å². The number of halogens is 3. The van der Waals surface area contributed by atoms with Crippen LogP contribution in [0, 0.1) is 0 Å². The minimum Gasteiger partial charge on any atom is -0.493 e. The summed E-state index contributed by atoms with van der Waals surface area (Å²) in [4.78, 5) is 2.33. The van der Waals surface area contributed by atoms with Crippen molar-refractivity contribution < 1.29 is 32.5 Å². The van der Waals surface area contributed by atoms with Crippen LogP contribution in [0.15, 0.2) is 42.5 Å². The fraction of sp³-hybridized carbons (Fsp3) is 0.500. The summed E-state index contributed by atoms with van der Waals surface area (Å²) in [6.45, 7) is 1.04. The maximum atomic E-state index is 13.2. The first-order valence-corrected chi connectivity index (χ1v) is 10.9. The molecule has 0 spiro atoms. The molecule has 2 saturated heterocycles. The van der Waals surface area contributed by atoms with Gasteiger partial charge < -0.3 is 19.3 Å². The van der Waals surface area contributed by atoms with E-state index in [1.807, 2.05) is 18.2 Å². The van der Waals surface area contributed by atoms with Gasteiger partial charge in [0.2, 0.25) is 5.75 Å². The van der Waals surface area contributed by atoms with Gasteiger partial charge in [-0.1, -0.05) is 18.2 Å². The number of fused-ring (bicyclic) bond motifs is 3. The lowest BCUT2D eigenvalue weighted by molar-refractivity contribution is -0.137. The maximum Gasteiger partial charge on any atom is 0.416 e. The van der Waals surface area contributed by atoms with Gasteiger partial charge in [0.15, 0.2) is 11.5 Å². The van der Waals surface area contributed by atoms with Crippen LogP contribution in [-0.4, -0.2) is 48.5 Å². The average Bonchev–Trinajstić information content (AvgIpc) is 3.01. The van der Waals surface area contributed by atoms with Gasteiger partial charge >= 0.3 is 6.18 Å². The summed E-state index contributed by atoms with van der Waals surface area (Å²) in [5.74, 6) is 1.87. The van der Waals surface area contributed by atoms with E-state index >= 15 is 0 Å². The normalized spacial score (nSPS) is 29.7. The van der Waals surface area contributed by atoms with Crippen LogP contribution in [0.3, 0.4) is 0 Å². The Hall–Kier alpha value is -2.45. The first-order valence-electron chi connectivity index (χ1n) is 10.9. The number of benzene rings is 2. The summed E-state index contributed by atoms with van der Waals surface area (Å²) in [5.41, 5.74) is -1.64. The van der Waals surface area contributed by atoms with Gasteiger partial charge in [0, 0.05) is 18.6 Å². The van der Waals surface area contributed by atoms with Gasteiger partial charge in [-0.05, 0) is 55.5 Å². The number of hydrogen-bond donors (Lipinski definition) is 1. The monoisotopic (exact) mass is 449 g/mol. The average molecular weight is 449 g/mol. The van der Waals surface area contributed by atoms with Crippen molar-refractivity contribution in [3.8, 4) is 17.2 Å².